The molecule has 1 aromatic heterocycles. The van der Waals surface area contributed by atoms with E-state index in [2.05, 4.69) is 46.9 Å². The van der Waals surface area contributed by atoms with E-state index in [0.29, 0.717) is 0 Å². The number of aliphatic hydroxyl groups is 1. The zero-order chi connectivity index (χ0) is 14.0. The topological polar surface area (TPSA) is 50.1 Å². The highest BCUT2D eigenvalue weighted by Crippen LogP contribution is 2.17. The molecule has 0 radical (unpaired) electrons. The SMILES string of the molecule is Cc1nc2cc(CNC(C)(C)CCO)ccc2n1C. The maximum absolute atomic E-state index is 9.02. The molecular weight excluding hydrogens is 238 g/mol. The number of aliphatic hydroxyl groups excluding tert-OH is 1. The molecule has 104 valence electrons. The molecule has 19 heavy (non-hydrogen) atoms. The van der Waals surface area contributed by atoms with Crippen LogP contribution in [0.25, 0.3) is 11.0 Å². The Kier molecular flexibility index (Phi) is 3.92. The lowest BCUT2D eigenvalue weighted by molar-refractivity contribution is 0.230. The van der Waals surface area contributed by atoms with Gasteiger partial charge in [-0.2, -0.15) is 0 Å². The predicted octanol–water partition coefficient (Wildman–Crippen LogP) is 2.13. The van der Waals surface area contributed by atoms with Crippen LogP contribution in [0, 0.1) is 6.92 Å². The van der Waals surface area contributed by atoms with Gasteiger partial charge in [0.25, 0.3) is 0 Å². The summed E-state index contributed by atoms with van der Waals surface area (Å²) in [5, 5.41) is 12.5. The first-order chi connectivity index (χ1) is 8.93. The van der Waals surface area contributed by atoms with Gasteiger partial charge in [-0.3, -0.25) is 0 Å². The van der Waals surface area contributed by atoms with Crippen molar-refractivity contribution in [2.75, 3.05) is 6.61 Å². The zero-order valence-corrected chi connectivity index (χ0v) is 12.2. The second-order valence-corrected chi connectivity index (χ2v) is 5.75. The van der Waals surface area contributed by atoms with Gasteiger partial charge >= 0.3 is 0 Å². The molecular formula is C15H23N3O. The van der Waals surface area contributed by atoms with Crippen LogP contribution in [0.1, 0.15) is 31.7 Å². The van der Waals surface area contributed by atoms with Gasteiger partial charge in [0.1, 0.15) is 5.82 Å². The second kappa shape index (κ2) is 5.31. The van der Waals surface area contributed by atoms with Crippen LogP contribution in [0.15, 0.2) is 18.2 Å². The molecule has 0 atom stereocenters. The van der Waals surface area contributed by atoms with Crippen molar-refractivity contribution in [1.82, 2.24) is 14.9 Å². The molecule has 0 fully saturated rings. The first-order valence-corrected chi connectivity index (χ1v) is 6.71. The maximum atomic E-state index is 9.02. The molecule has 0 aliphatic heterocycles. The quantitative estimate of drug-likeness (QED) is 0.867. The van der Waals surface area contributed by atoms with Crippen molar-refractivity contribution in [2.24, 2.45) is 7.05 Å². The largest absolute Gasteiger partial charge is 0.396 e. The lowest BCUT2D eigenvalue weighted by Crippen LogP contribution is -2.39. The predicted molar refractivity (Wildman–Crippen MR) is 78.1 cm³/mol. The Morgan fingerprint density at radius 2 is 2.11 bits per heavy atom. The molecule has 0 aliphatic rings. The number of aryl methyl sites for hydroxylation is 2. The fourth-order valence-electron chi connectivity index (χ4n) is 2.19. The number of fused-ring (bicyclic) bond motifs is 1. The number of benzene rings is 1. The Morgan fingerprint density at radius 1 is 1.37 bits per heavy atom. The number of nitrogens with one attached hydrogen (secondary N) is 1. The van der Waals surface area contributed by atoms with Crippen molar-refractivity contribution in [1.29, 1.82) is 0 Å². The zero-order valence-electron chi connectivity index (χ0n) is 12.2. The lowest BCUT2D eigenvalue weighted by Gasteiger charge is -2.25. The van der Waals surface area contributed by atoms with Crippen molar-refractivity contribution < 1.29 is 5.11 Å². The fraction of sp³-hybridized carbons (Fsp3) is 0.533. The average Bonchev–Trinajstić information content (AvgIpc) is 2.62. The highest BCUT2D eigenvalue weighted by molar-refractivity contribution is 5.76. The average molecular weight is 261 g/mol. The van der Waals surface area contributed by atoms with Crippen LogP contribution in [0.5, 0.6) is 0 Å². The smallest absolute Gasteiger partial charge is 0.106 e. The van der Waals surface area contributed by atoms with E-state index in [1.165, 1.54) is 5.56 Å². The van der Waals surface area contributed by atoms with Crippen LogP contribution in [0.2, 0.25) is 0 Å². The second-order valence-electron chi connectivity index (χ2n) is 5.75. The number of hydrogen-bond donors (Lipinski definition) is 2. The van der Waals surface area contributed by atoms with Crippen molar-refractivity contribution in [2.45, 2.75) is 39.3 Å². The van der Waals surface area contributed by atoms with Crippen LogP contribution in [0.3, 0.4) is 0 Å². The third-order valence-corrected chi connectivity index (χ3v) is 3.68. The van der Waals surface area contributed by atoms with Crippen molar-refractivity contribution >= 4 is 11.0 Å². The lowest BCUT2D eigenvalue weighted by atomic mass is 10.0. The molecule has 0 unspecified atom stereocenters. The molecule has 0 bridgehead atoms. The van der Waals surface area contributed by atoms with Gasteiger partial charge in [0.15, 0.2) is 0 Å². The van der Waals surface area contributed by atoms with Crippen LogP contribution >= 0.6 is 0 Å². The molecule has 0 saturated carbocycles. The third-order valence-electron chi connectivity index (χ3n) is 3.68. The van der Waals surface area contributed by atoms with E-state index in [0.717, 1.165) is 29.8 Å². The summed E-state index contributed by atoms with van der Waals surface area (Å²) in [4.78, 5) is 4.55. The Morgan fingerprint density at radius 3 is 2.79 bits per heavy atom. The highest BCUT2D eigenvalue weighted by Gasteiger charge is 2.16. The van der Waals surface area contributed by atoms with Crippen LogP contribution in [-0.2, 0) is 13.6 Å². The minimum atomic E-state index is -0.0518. The summed E-state index contributed by atoms with van der Waals surface area (Å²) in [5.41, 5.74) is 3.37. The normalized spacial score (nSPS) is 12.3. The number of nitrogens with zero attached hydrogens (tertiary/aromatic N) is 2. The van der Waals surface area contributed by atoms with Gasteiger partial charge in [0, 0.05) is 25.7 Å². The number of hydrogen-bond acceptors (Lipinski definition) is 3. The van der Waals surface area contributed by atoms with Crippen molar-refractivity contribution in [3.05, 3.63) is 29.6 Å². The number of imidazole rings is 1. The van der Waals surface area contributed by atoms with E-state index in [1.54, 1.807) is 0 Å². The van der Waals surface area contributed by atoms with Gasteiger partial charge in [0.05, 0.1) is 11.0 Å². The minimum absolute atomic E-state index is 0.0518. The standard InChI is InChI=1S/C15H23N3O/c1-11-17-13-9-12(5-6-14(13)18(11)4)10-16-15(2,3)7-8-19/h5-6,9,16,19H,7-8,10H2,1-4H3. The molecule has 0 amide bonds. The van der Waals surface area contributed by atoms with Gasteiger partial charge in [-0.15, -0.1) is 0 Å². The van der Waals surface area contributed by atoms with Crippen LogP contribution in [0.4, 0.5) is 0 Å². The Labute approximate surface area is 114 Å². The molecule has 0 saturated heterocycles. The molecule has 0 spiro atoms. The van der Waals surface area contributed by atoms with E-state index >= 15 is 0 Å². The summed E-state index contributed by atoms with van der Waals surface area (Å²) in [5.74, 6) is 1.03. The summed E-state index contributed by atoms with van der Waals surface area (Å²) < 4.78 is 2.10. The third kappa shape index (κ3) is 3.14. The fourth-order valence-corrected chi connectivity index (χ4v) is 2.19. The molecule has 2 aromatic rings. The van der Waals surface area contributed by atoms with Crippen LogP contribution < -0.4 is 5.32 Å². The maximum Gasteiger partial charge on any atom is 0.106 e. The summed E-state index contributed by atoms with van der Waals surface area (Å²) in [6.45, 7) is 7.22. The summed E-state index contributed by atoms with van der Waals surface area (Å²) >= 11 is 0. The molecule has 2 rings (SSSR count). The first-order valence-electron chi connectivity index (χ1n) is 6.71. The van der Waals surface area contributed by atoms with Gasteiger partial charge < -0.3 is 15.0 Å². The van der Waals surface area contributed by atoms with Gasteiger partial charge in [-0.1, -0.05) is 6.07 Å². The summed E-state index contributed by atoms with van der Waals surface area (Å²) in [6, 6.07) is 6.38. The van der Waals surface area contributed by atoms with E-state index < -0.39 is 0 Å². The minimum Gasteiger partial charge on any atom is -0.396 e. The molecule has 0 aliphatic carbocycles. The molecule has 1 aromatic carbocycles. The monoisotopic (exact) mass is 261 g/mol. The van der Waals surface area contributed by atoms with Gasteiger partial charge in [-0.05, 0) is 44.9 Å². The van der Waals surface area contributed by atoms with E-state index in [-0.39, 0.29) is 12.1 Å². The first kappa shape index (κ1) is 14.0. The summed E-state index contributed by atoms with van der Waals surface area (Å²) in [6.07, 6.45) is 0.748. The van der Waals surface area contributed by atoms with Gasteiger partial charge in [0.2, 0.25) is 0 Å². The number of aromatic nitrogens is 2. The van der Waals surface area contributed by atoms with Crippen molar-refractivity contribution in [3.63, 3.8) is 0 Å². The number of rotatable bonds is 5. The molecule has 4 nitrogen and oxygen atoms in total. The Balaban J connectivity index is 2.14. The summed E-state index contributed by atoms with van der Waals surface area (Å²) in [7, 11) is 2.03. The van der Waals surface area contributed by atoms with E-state index in [4.69, 9.17) is 5.11 Å². The van der Waals surface area contributed by atoms with Gasteiger partial charge in [-0.25, -0.2) is 4.98 Å². The van der Waals surface area contributed by atoms with Crippen molar-refractivity contribution in [3.8, 4) is 0 Å². The Hall–Kier alpha value is -1.39. The van der Waals surface area contributed by atoms with E-state index in [1.807, 2.05) is 14.0 Å². The molecule has 1 heterocycles. The van der Waals surface area contributed by atoms with E-state index in [9.17, 15) is 0 Å². The molecule has 2 N–H and O–H groups in total. The van der Waals surface area contributed by atoms with Crippen LogP contribution in [-0.4, -0.2) is 26.8 Å². The molecule has 4 heteroatoms. The Bertz CT molecular complexity index is 572. The highest BCUT2D eigenvalue weighted by atomic mass is 16.3.